The largest absolute Gasteiger partial charge is 0.497 e. The van der Waals surface area contributed by atoms with Gasteiger partial charge >= 0.3 is 0 Å². The Kier molecular flexibility index (Phi) is 7.67. The van der Waals surface area contributed by atoms with Gasteiger partial charge in [-0.25, -0.2) is 0 Å². The molecule has 0 bridgehead atoms. The van der Waals surface area contributed by atoms with Crippen molar-refractivity contribution in [1.29, 1.82) is 0 Å². The first-order valence-corrected chi connectivity index (χ1v) is 8.84. The van der Waals surface area contributed by atoms with Gasteiger partial charge in [0.1, 0.15) is 11.5 Å². The number of nitrogens with zero attached hydrogens (tertiary/aromatic N) is 1. The molecule has 2 aromatic carbocycles. The minimum absolute atomic E-state index is 0.0118. The summed E-state index contributed by atoms with van der Waals surface area (Å²) >= 11 is 0. The summed E-state index contributed by atoms with van der Waals surface area (Å²) in [5.74, 6) is 1.33. The van der Waals surface area contributed by atoms with E-state index in [1.165, 1.54) is 0 Å². The van der Waals surface area contributed by atoms with Crippen LogP contribution in [0.1, 0.15) is 22.8 Å². The number of hydrogen-bond donors (Lipinski definition) is 1. The molecule has 144 valence electrons. The van der Waals surface area contributed by atoms with E-state index in [1.807, 2.05) is 24.3 Å². The van der Waals surface area contributed by atoms with Crippen LogP contribution >= 0.6 is 0 Å². The van der Waals surface area contributed by atoms with Crippen LogP contribution in [0.3, 0.4) is 0 Å². The third-order valence-electron chi connectivity index (χ3n) is 4.29. The molecule has 2 amide bonds. The van der Waals surface area contributed by atoms with Gasteiger partial charge in [0.25, 0.3) is 5.91 Å². The summed E-state index contributed by atoms with van der Waals surface area (Å²) in [7, 11) is 3.21. The standard InChI is InChI=1S/C21H26N2O4/c1-16(24)23(14-12-17-4-8-19(26-2)9-5-17)15-13-22-21(25)18-6-10-20(27-3)11-7-18/h4-11H,12-15H2,1-3H3,(H,22,25). The van der Waals surface area contributed by atoms with Crippen LogP contribution in [0.5, 0.6) is 11.5 Å². The van der Waals surface area contributed by atoms with E-state index in [9.17, 15) is 9.59 Å². The molecule has 0 aliphatic carbocycles. The van der Waals surface area contributed by atoms with Gasteiger partial charge in [0.2, 0.25) is 5.91 Å². The quantitative estimate of drug-likeness (QED) is 0.737. The molecular weight excluding hydrogens is 344 g/mol. The summed E-state index contributed by atoms with van der Waals surface area (Å²) in [6.45, 7) is 3.00. The van der Waals surface area contributed by atoms with Gasteiger partial charge in [-0.1, -0.05) is 12.1 Å². The van der Waals surface area contributed by atoms with Crippen molar-refractivity contribution >= 4 is 11.8 Å². The zero-order chi connectivity index (χ0) is 19.6. The Bertz CT molecular complexity index is 742. The minimum atomic E-state index is -0.170. The zero-order valence-electron chi connectivity index (χ0n) is 16.0. The Labute approximate surface area is 160 Å². The van der Waals surface area contributed by atoms with Gasteiger partial charge in [-0.15, -0.1) is 0 Å². The number of benzene rings is 2. The topological polar surface area (TPSA) is 67.9 Å². The molecule has 0 aromatic heterocycles. The molecule has 0 aliphatic heterocycles. The van der Waals surface area contributed by atoms with E-state index in [-0.39, 0.29) is 11.8 Å². The molecule has 2 aromatic rings. The molecular formula is C21H26N2O4. The summed E-state index contributed by atoms with van der Waals surface area (Å²) in [5.41, 5.74) is 1.69. The molecule has 6 nitrogen and oxygen atoms in total. The number of ether oxygens (including phenoxy) is 2. The number of rotatable bonds is 9. The van der Waals surface area contributed by atoms with Gasteiger partial charge in [-0.2, -0.15) is 0 Å². The second kappa shape index (κ2) is 10.2. The number of amides is 2. The fourth-order valence-corrected chi connectivity index (χ4v) is 2.63. The monoisotopic (exact) mass is 370 g/mol. The molecule has 0 atom stereocenters. The van der Waals surface area contributed by atoms with Crippen molar-refractivity contribution < 1.29 is 19.1 Å². The van der Waals surface area contributed by atoms with Crippen molar-refractivity contribution in [2.24, 2.45) is 0 Å². The highest BCUT2D eigenvalue weighted by Gasteiger charge is 2.10. The number of carbonyl (C=O) groups excluding carboxylic acids is 2. The average Bonchev–Trinajstić information content (AvgIpc) is 2.70. The first kappa shape index (κ1) is 20.3. The zero-order valence-corrected chi connectivity index (χ0v) is 16.0. The maximum Gasteiger partial charge on any atom is 0.251 e. The Morgan fingerprint density at radius 1 is 0.889 bits per heavy atom. The van der Waals surface area contributed by atoms with Crippen LogP contribution in [-0.2, 0) is 11.2 Å². The van der Waals surface area contributed by atoms with Crippen LogP contribution in [0.25, 0.3) is 0 Å². The maximum atomic E-state index is 12.2. The lowest BCUT2D eigenvalue weighted by atomic mass is 10.1. The third-order valence-corrected chi connectivity index (χ3v) is 4.29. The molecule has 0 fully saturated rings. The molecule has 0 aliphatic rings. The maximum absolute atomic E-state index is 12.2. The molecule has 0 unspecified atom stereocenters. The van der Waals surface area contributed by atoms with Crippen LogP contribution in [0.4, 0.5) is 0 Å². The van der Waals surface area contributed by atoms with Crippen molar-refractivity contribution in [3.05, 3.63) is 59.7 Å². The van der Waals surface area contributed by atoms with Crippen molar-refractivity contribution in [2.75, 3.05) is 33.9 Å². The lowest BCUT2D eigenvalue weighted by Crippen LogP contribution is -2.38. The van der Waals surface area contributed by atoms with Crippen molar-refractivity contribution in [3.8, 4) is 11.5 Å². The fraction of sp³-hybridized carbons (Fsp3) is 0.333. The van der Waals surface area contributed by atoms with E-state index in [0.717, 1.165) is 17.7 Å². The molecule has 2 rings (SSSR count). The Morgan fingerprint density at radius 3 is 1.96 bits per heavy atom. The smallest absolute Gasteiger partial charge is 0.251 e. The van der Waals surface area contributed by atoms with E-state index in [2.05, 4.69) is 5.32 Å². The molecule has 0 saturated carbocycles. The van der Waals surface area contributed by atoms with Crippen molar-refractivity contribution in [2.45, 2.75) is 13.3 Å². The van der Waals surface area contributed by atoms with Gasteiger partial charge in [0.05, 0.1) is 14.2 Å². The number of methoxy groups -OCH3 is 2. The summed E-state index contributed by atoms with van der Waals surface area (Å²) in [6, 6.07) is 14.7. The first-order chi connectivity index (χ1) is 13.0. The average molecular weight is 370 g/mol. The predicted molar refractivity (Wildman–Crippen MR) is 104 cm³/mol. The second-order valence-corrected chi connectivity index (χ2v) is 6.09. The Morgan fingerprint density at radius 2 is 1.44 bits per heavy atom. The van der Waals surface area contributed by atoms with Crippen LogP contribution < -0.4 is 14.8 Å². The van der Waals surface area contributed by atoms with Gasteiger partial charge in [0.15, 0.2) is 0 Å². The van der Waals surface area contributed by atoms with E-state index in [4.69, 9.17) is 9.47 Å². The number of carbonyl (C=O) groups is 2. The fourth-order valence-electron chi connectivity index (χ4n) is 2.63. The van der Waals surface area contributed by atoms with E-state index in [1.54, 1.807) is 50.3 Å². The molecule has 0 radical (unpaired) electrons. The summed E-state index contributed by atoms with van der Waals surface area (Å²) in [6.07, 6.45) is 0.746. The predicted octanol–water partition coefficient (Wildman–Crippen LogP) is 2.52. The Balaban J connectivity index is 1.80. The molecule has 27 heavy (non-hydrogen) atoms. The van der Waals surface area contributed by atoms with E-state index < -0.39 is 0 Å². The molecule has 0 spiro atoms. The second-order valence-electron chi connectivity index (χ2n) is 6.09. The SMILES string of the molecule is COc1ccc(CCN(CCNC(=O)c2ccc(OC)cc2)C(C)=O)cc1. The van der Waals surface area contributed by atoms with Gasteiger partial charge in [0, 0.05) is 32.1 Å². The van der Waals surface area contributed by atoms with Gasteiger partial charge in [-0.3, -0.25) is 9.59 Å². The minimum Gasteiger partial charge on any atom is -0.497 e. The third kappa shape index (κ3) is 6.33. The lowest BCUT2D eigenvalue weighted by molar-refractivity contribution is -0.128. The number of hydrogen-bond acceptors (Lipinski definition) is 4. The Hall–Kier alpha value is -3.02. The number of nitrogens with one attached hydrogen (secondary N) is 1. The normalized spacial score (nSPS) is 10.2. The van der Waals surface area contributed by atoms with Crippen LogP contribution in [-0.4, -0.2) is 50.6 Å². The summed E-state index contributed by atoms with van der Waals surface area (Å²) in [4.78, 5) is 25.8. The highest BCUT2D eigenvalue weighted by atomic mass is 16.5. The lowest BCUT2D eigenvalue weighted by Gasteiger charge is -2.21. The molecule has 0 heterocycles. The molecule has 1 N–H and O–H groups in total. The molecule has 6 heteroatoms. The van der Waals surface area contributed by atoms with E-state index >= 15 is 0 Å². The highest BCUT2D eigenvalue weighted by molar-refractivity contribution is 5.94. The first-order valence-electron chi connectivity index (χ1n) is 8.84. The van der Waals surface area contributed by atoms with Crippen LogP contribution in [0, 0.1) is 0 Å². The van der Waals surface area contributed by atoms with E-state index in [0.29, 0.717) is 30.9 Å². The molecule has 0 saturated heterocycles. The van der Waals surface area contributed by atoms with Gasteiger partial charge < -0.3 is 19.7 Å². The van der Waals surface area contributed by atoms with Crippen molar-refractivity contribution in [3.63, 3.8) is 0 Å². The van der Waals surface area contributed by atoms with Gasteiger partial charge in [-0.05, 0) is 48.4 Å². The van der Waals surface area contributed by atoms with Crippen LogP contribution in [0.15, 0.2) is 48.5 Å². The van der Waals surface area contributed by atoms with Crippen LogP contribution in [0.2, 0.25) is 0 Å². The summed E-state index contributed by atoms with van der Waals surface area (Å²) < 4.78 is 10.2. The summed E-state index contributed by atoms with van der Waals surface area (Å²) in [5, 5.41) is 2.84. The highest BCUT2D eigenvalue weighted by Crippen LogP contribution is 2.12. The van der Waals surface area contributed by atoms with Crippen molar-refractivity contribution in [1.82, 2.24) is 10.2 Å².